The lowest BCUT2D eigenvalue weighted by atomic mass is 9.87. The van der Waals surface area contributed by atoms with E-state index < -0.39 is 23.1 Å². The van der Waals surface area contributed by atoms with Gasteiger partial charge in [-0.05, 0) is 76.4 Å². The normalized spacial score (nSPS) is 12.6. The molecule has 0 aliphatic rings. The Hall–Kier alpha value is -3.81. The van der Waals surface area contributed by atoms with E-state index in [1.807, 2.05) is 52.0 Å². The first-order valence-corrected chi connectivity index (χ1v) is 13.7. The van der Waals surface area contributed by atoms with Gasteiger partial charge in [-0.15, -0.1) is 0 Å². The first-order chi connectivity index (χ1) is 18.7. The maximum absolute atomic E-state index is 13.6. The number of carbonyl (C=O) groups is 4. The smallest absolute Gasteiger partial charge is 0.340 e. The molecule has 8 heteroatoms. The highest BCUT2D eigenvalue weighted by atomic mass is 16.7. The van der Waals surface area contributed by atoms with E-state index in [0.717, 1.165) is 21.8 Å². The number of fused-ring (bicyclic) bond motifs is 3. The van der Waals surface area contributed by atoms with Crippen molar-refractivity contribution in [2.24, 2.45) is 16.0 Å². The summed E-state index contributed by atoms with van der Waals surface area (Å²) in [6.07, 6.45) is 0.291. The van der Waals surface area contributed by atoms with Gasteiger partial charge in [0.1, 0.15) is 5.71 Å². The molecule has 0 amide bonds. The lowest BCUT2D eigenvalue weighted by Crippen LogP contribution is -2.23. The Balaban J connectivity index is 2.07. The third-order valence-electron chi connectivity index (χ3n) is 6.44. The van der Waals surface area contributed by atoms with Crippen molar-refractivity contribution >= 4 is 51.0 Å². The maximum atomic E-state index is 13.6. The third kappa shape index (κ3) is 7.23. The van der Waals surface area contributed by atoms with Crippen molar-refractivity contribution in [1.82, 2.24) is 4.57 Å². The summed E-state index contributed by atoms with van der Waals surface area (Å²) >= 11 is 0. The Morgan fingerprint density at radius 1 is 0.825 bits per heavy atom. The SMILES string of the molecule is CCOC(=O)CC/C(=N\OC(=O)C(C)(C)C)C(=O)c1ccc2c(c1)c1cc(C(=O)CC(C)(C)C)ccc1n2CC. The number of hydrogen-bond acceptors (Lipinski definition) is 7. The van der Waals surface area contributed by atoms with E-state index in [9.17, 15) is 19.2 Å². The highest BCUT2D eigenvalue weighted by Crippen LogP contribution is 2.32. The first kappa shape index (κ1) is 30.7. The summed E-state index contributed by atoms with van der Waals surface area (Å²) in [5.41, 5.74) is 1.85. The molecule has 0 radical (unpaired) electrons. The number of hydrogen-bond donors (Lipinski definition) is 0. The molecule has 0 aliphatic heterocycles. The average Bonchev–Trinajstić information content (AvgIpc) is 3.19. The number of benzene rings is 2. The Labute approximate surface area is 235 Å². The number of Topliss-reactive ketones (excluding diaryl/α,β-unsaturated/α-hetero) is 2. The van der Waals surface area contributed by atoms with Crippen LogP contribution >= 0.6 is 0 Å². The van der Waals surface area contributed by atoms with Crippen molar-refractivity contribution in [3.63, 3.8) is 0 Å². The van der Waals surface area contributed by atoms with Crippen LogP contribution in [0.2, 0.25) is 0 Å². The zero-order valence-electron chi connectivity index (χ0n) is 24.8. The molecule has 8 nitrogen and oxygen atoms in total. The predicted molar refractivity (Wildman–Crippen MR) is 157 cm³/mol. The number of carbonyl (C=O) groups excluding carboxylic acids is 4. The molecule has 3 rings (SSSR count). The summed E-state index contributed by atoms with van der Waals surface area (Å²) < 4.78 is 7.13. The molecule has 40 heavy (non-hydrogen) atoms. The van der Waals surface area contributed by atoms with E-state index >= 15 is 0 Å². The molecule has 0 fully saturated rings. The molecule has 0 atom stereocenters. The molecule has 214 valence electrons. The minimum Gasteiger partial charge on any atom is -0.466 e. The molecule has 0 saturated heterocycles. The number of rotatable bonds is 10. The van der Waals surface area contributed by atoms with E-state index in [4.69, 9.17) is 9.57 Å². The van der Waals surface area contributed by atoms with E-state index in [-0.39, 0.29) is 36.4 Å². The number of ether oxygens (including phenoxy) is 1. The van der Waals surface area contributed by atoms with Crippen LogP contribution in [-0.4, -0.2) is 40.4 Å². The Morgan fingerprint density at radius 2 is 1.40 bits per heavy atom. The highest BCUT2D eigenvalue weighted by molar-refractivity contribution is 6.46. The van der Waals surface area contributed by atoms with Crippen LogP contribution in [-0.2, 0) is 25.7 Å². The minimum absolute atomic E-state index is 0.0463. The zero-order valence-corrected chi connectivity index (χ0v) is 24.8. The van der Waals surface area contributed by atoms with Gasteiger partial charge < -0.3 is 14.1 Å². The van der Waals surface area contributed by atoms with Gasteiger partial charge in [0.25, 0.3) is 0 Å². The molecule has 1 aromatic heterocycles. The van der Waals surface area contributed by atoms with E-state index in [1.165, 1.54) is 0 Å². The van der Waals surface area contributed by atoms with Gasteiger partial charge in [0.05, 0.1) is 18.4 Å². The van der Waals surface area contributed by atoms with Crippen LogP contribution in [0.25, 0.3) is 21.8 Å². The molecular formula is C32H40N2O6. The number of aromatic nitrogens is 1. The van der Waals surface area contributed by atoms with Crippen molar-refractivity contribution in [2.75, 3.05) is 6.61 Å². The first-order valence-electron chi connectivity index (χ1n) is 13.7. The molecule has 1 heterocycles. The summed E-state index contributed by atoms with van der Waals surface area (Å²) in [6.45, 7) is 15.8. The topological polar surface area (TPSA) is 104 Å². The zero-order chi connectivity index (χ0) is 29.8. The van der Waals surface area contributed by atoms with Crippen molar-refractivity contribution in [3.8, 4) is 0 Å². The van der Waals surface area contributed by atoms with Crippen LogP contribution in [0.3, 0.4) is 0 Å². The van der Waals surface area contributed by atoms with E-state index in [0.29, 0.717) is 24.1 Å². The van der Waals surface area contributed by atoms with Gasteiger partial charge in [-0.1, -0.05) is 25.9 Å². The van der Waals surface area contributed by atoms with Crippen LogP contribution in [0.15, 0.2) is 41.6 Å². The summed E-state index contributed by atoms with van der Waals surface area (Å²) in [5, 5.41) is 5.59. The number of aryl methyl sites for hydroxylation is 1. The Bertz CT molecular complexity index is 1480. The second-order valence-electron chi connectivity index (χ2n) is 12.2. The summed E-state index contributed by atoms with van der Waals surface area (Å²) in [5.74, 6) is -1.46. The number of esters is 1. The lowest BCUT2D eigenvalue weighted by Gasteiger charge is -2.16. The second kappa shape index (κ2) is 12.1. The predicted octanol–water partition coefficient (Wildman–Crippen LogP) is 6.90. The fraction of sp³-hybridized carbons (Fsp3) is 0.469. The second-order valence-corrected chi connectivity index (χ2v) is 12.2. The third-order valence-corrected chi connectivity index (χ3v) is 6.44. The van der Waals surface area contributed by atoms with Crippen LogP contribution in [0.1, 0.15) is 95.4 Å². The number of nitrogens with zero attached hydrogens (tertiary/aromatic N) is 2. The molecule has 2 aromatic carbocycles. The van der Waals surface area contributed by atoms with Crippen molar-refractivity contribution in [3.05, 3.63) is 47.5 Å². The molecule has 0 N–H and O–H groups in total. The molecule has 0 bridgehead atoms. The largest absolute Gasteiger partial charge is 0.466 e. The van der Waals surface area contributed by atoms with Gasteiger partial charge in [0, 0.05) is 52.3 Å². The van der Waals surface area contributed by atoms with Crippen molar-refractivity contribution in [1.29, 1.82) is 0 Å². The minimum atomic E-state index is -0.818. The molecule has 3 aromatic rings. The number of ketones is 2. The summed E-state index contributed by atoms with van der Waals surface area (Å²) in [6, 6.07) is 11.0. The quantitative estimate of drug-likeness (QED) is 0.0897. The lowest BCUT2D eigenvalue weighted by molar-refractivity contribution is -0.152. The summed E-state index contributed by atoms with van der Waals surface area (Å²) in [4.78, 5) is 56.1. The van der Waals surface area contributed by atoms with Crippen LogP contribution in [0.5, 0.6) is 0 Å². The van der Waals surface area contributed by atoms with Crippen LogP contribution < -0.4 is 0 Å². The van der Waals surface area contributed by atoms with Gasteiger partial charge in [-0.25, -0.2) is 4.79 Å². The molecule has 0 spiro atoms. The van der Waals surface area contributed by atoms with Gasteiger partial charge in [0.15, 0.2) is 5.78 Å². The van der Waals surface area contributed by atoms with Crippen molar-refractivity contribution < 1.29 is 28.8 Å². The molecule has 0 unspecified atom stereocenters. The standard InChI is InChI=1S/C32H40N2O6/c1-9-34-25-14-11-20(27(35)19-31(3,4)5)17-22(25)23-18-21(12-15-26(23)34)29(37)24(13-16-28(36)39-10-2)33-40-30(38)32(6,7)8/h11-12,14-15,17-18H,9-10,13,16,19H2,1-8H3/b33-24+. The average molecular weight is 549 g/mol. The van der Waals surface area contributed by atoms with Crippen molar-refractivity contribution in [2.45, 2.75) is 81.2 Å². The monoisotopic (exact) mass is 548 g/mol. The van der Waals surface area contributed by atoms with Crippen LogP contribution in [0.4, 0.5) is 0 Å². The van der Waals surface area contributed by atoms with Gasteiger partial charge >= 0.3 is 11.9 Å². The number of oxime groups is 1. The van der Waals surface area contributed by atoms with Gasteiger partial charge in [-0.2, -0.15) is 0 Å². The fourth-order valence-electron chi connectivity index (χ4n) is 4.40. The van der Waals surface area contributed by atoms with Gasteiger partial charge in [0.2, 0.25) is 5.78 Å². The Morgan fingerprint density at radius 3 is 1.93 bits per heavy atom. The summed E-state index contributed by atoms with van der Waals surface area (Å²) in [7, 11) is 0. The van der Waals surface area contributed by atoms with Crippen LogP contribution in [0, 0.1) is 10.8 Å². The highest BCUT2D eigenvalue weighted by Gasteiger charge is 2.26. The fourth-order valence-corrected chi connectivity index (χ4v) is 4.40. The van der Waals surface area contributed by atoms with E-state index in [1.54, 1.807) is 39.8 Å². The molecule has 0 saturated carbocycles. The molecular weight excluding hydrogens is 508 g/mol. The van der Waals surface area contributed by atoms with Gasteiger partial charge in [-0.3, -0.25) is 14.4 Å². The maximum Gasteiger partial charge on any atom is 0.340 e. The Kier molecular flexibility index (Phi) is 9.33. The molecule has 0 aliphatic carbocycles. The van der Waals surface area contributed by atoms with E-state index in [2.05, 4.69) is 9.72 Å².